The van der Waals surface area contributed by atoms with Crippen molar-refractivity contribution < 1.29 is 18.7 Å². The van der Waals surface area contributed by atoms with Gasteiger partial charge in [0.15, 0.2) is 6.61 Å². The van der Waals surface area contributed by atoms with Gasteiger partial charge in [-0.25, -0.2) is 13.9 Å². The van der Waals surface area contributed by atoms with E-state index in [1.54, 1.807) is 12.3 Å². The van der Waals surface area contributed by atoms with E-state index in [0.717, 1.165) is 37.8 Å². The summed E-state index contributed by atoms with van der Waals surface area (Å²) in [5.74, 6) is -1.03. The second-order valence-corrected chi connectivity index (χ2v) is 6.70. The predicted molar refractivity (Wildman–Crippen MR) is 92.7 cm³/mol. The second kappa shape index (κ2) is 7.77. The molecule has 0 aliphatic heterocycles. The molecule has 25 heavy (non-hydrogen) atoms. The number of aromatic nitrogens is 2. The Hall–Kier alpha value is -2.22. The van der Waals surface area contributed by atoms with Crippen LogP contribution >= 0.6 is 15.9 Å². The molecule has 1 fully saturated rings. The number of esters is 1. The topological polar surface area (TPSA) is 73.2 Å². The number of hydrogen-bond donors (Lipinski definition) is 1. The van der Waals surface area contributed by atoms with E-state index in [-0.39, 0.29) is 10.0 Å². The van der Waals surface area contributed by atoms with E-state index in [9.17, 15) is 14.0 Å². The summed E-state index contributed by atoms with van der Waals surface area (Å²) in [5.41, 5.74) is 0.158. The molecule has 0 bridgehead atoms. The smallest absolute Gasteiger partial charge is 0.339 e. The number of rotatable bonds is 5. The zero-order valence-electron chi connectivity index (χ0n) is 13.4. The van der Waals surface area contributed by atoms with Crippen LogP contribution in [0.3, 0.4) is 0 Å². The van der Waals surface area contributed by atoms with Gasteiger partial charge in [0.1, 0.15) is 11.6 Å². The van der Waals surface area contributed by atoms with Crippen molar-refractivity contribution in [2.24, 2.45) is 0 Å². The number of amides is 1. The van der Waals surface area contributed by atoms with Crippen LogP contribution in [0, 0.1) is 5.82 Å². The molecule has 0 radical (unpaired) electrons. The lowest BCUT2D eigenvalue weighted by atomic mass is 10.2. The summed E-state index contributed by atoms with van der Waals surface area (Å²) in [6.07, 6.45) is 6.02. The Morgan fingerprint density at radius 1 is 1.32 bits per heavy atom. The first-order valence-electron chi connectivity index (χ1n) is 8.00. The summed E-state index contributed by atoms with van der Waals surface area (Å²) in [7, 11) is 0. The van der Waals surface area contributed by atoms with Crippen molar-refractivity contribution in [3.05, 3.63) is 46.3 Å². The van der Waals surface area contributed by atoms with Gasteiger partial charge < -0.3 is 10.1 Å². The lowest BCUT2D eigenvalue weighted by Gasteiger charge is -2.14. The number of benzene rings is 1. The normalized spacial score (nSPS) is 14.5. The summed E-state index contributed by atoms with van der Waals surface area (Å²) in [6.45, 7) is -0.432. The van der Waals surface area contributed by atoms with Crippen molar-refractivity contribution in [1.82, 2.24) is 9.78 Å². The van der Waals surface area contributed by atoms with Crippen LogP contribution in [0.2, 0.25) is 0 Å². The third-order valence-corrected chi connectivity index (χ3v) is 4.75. The molecule has 1 aromatic heterocycles. The molecule has 0 atom stereocenters. The third kappa shape index (κ3) is 4.25. The number of halogens is 2. The van der Waals surface area contributed by atoms with E-state index >= 15 is 0 Å². The number of nitrogens with one attached hydrogen (secondary N) is 1. The molecular formula is C17H17BrFN3O3. The largest absolute Gasteiger partial charge is 0.452 e. The Morgan fingerprint density at radius 2 is 2.08 bits per heavy atom. The number of carbonyl (C=O) groups is 2. The summed E-state index contributed by atoms with van der Waals surface area (Å²) < 4.78 is 20.1. The quantitative estimate of drug-likeness (QED) is 0.764. The molecule has 1 aliphatic rings. The molecule has 8 heteroatoms. The van der Waals surface area contributed by atoms with Crippen molar-refractivity contribution in [3.63, 3.8) is 0 Å². The van der Waals surface area contributed by atoms with Crippen molar-refractivity contribution in [2.75, 3.05) is 11.9 Å². The van der Waals surface area contributed by atoms with Crippen LogP contribution in [0.5, 0.6) is 0 Å². The molecule has 1 N–H and O–H groups in total. The molecule has 1 amide bonds. The molecule has 2 aromatic rings. The molecule has 0 spiro atoms. The molecule has 132 valence electrons. The summed E-state index contributed by atoms with van der Waals surface area (Å²) in [5, 5.41) is 6.98. The van der Waals surface area contributed by atoms with Crippen LogP contribution in [-0.2, 0) is 9.53 Å². The zero-order chi connectivity index (χ0) is 17.8. The molecule has 0 unspecified atom stereocenters. The number of ether oxygens (including phenoxy) is 1. The average Bonchev–Trinajstić information content (AvgIpc) is 3.23. The van der Waals surface area contributed by atoms with Gasteiger partial charge in [0.05, 0.1) is 17.8 Å². The third-order valence-electron chi connectivity index (χ3n) is 4.09. The number of carbonyl (C=O) groups excluding carboxylic acids is 2. The second-order valence-electron chi connectivity index (χ2n) is 5.85. The van der Waals surface area contributed by atoms with Gasteiger partial charge in [-0.05, 0) is 47.0 Å². The lowest BCUT2D eigenvalue weighted by molar-refractivity contribution is -0.119. The minimum absolute atomic E-state index is 0.158. The Bertz CT molecular complexity index is 787. The first-order valence-corrected chi connectivity index (χ1v) is 8.79. The highest BCUT2D eigenvalue weighted by atomic mass is 79.9. The molecule has 1 saturated carbocycles. The van der Waals surface area contributed by atoms with Gasteiger partial charge in [0.2, 0.25) is 0 Å². The SMILES string of the molecule is O=C(COC(=O)c1ccc(F)cc1Br)Nc1ccnn1C1CCCC1. The van der Waals surface area contributed by atoms with Crippen LogP contribution in [0.15, 0.2) is 34.9 Å². The van der Waals surface area contributed by atoms with Crippen molar-refractivity contribution in [3.8, 4) is 0 Å². The highest BCUT2D eigenvalue weighted by molar-refractivity contribution is 9.10. The van der Waals surface area contributed by atoms with Gasteiger partial charge in [0, 0.05) is 10.5 Å². The maximum Gasteiger partial charge on any atom is 0.339 e. The first kappa shape index (κ1) is 17.6. The molecule has 1 aromatic carbocycles. The van der Waals surface area contributed by atoms with E-state index in [4.69, 9.17) is 4.74 Å². The molecule has 3 rings (SSSR count). The molecule has 6 nitrogen and oxygen atoms in total. The Labute approximate surface area is 152 Å². The molecule has 0 saturated heterocycles. The number of nitrogens with zero attached hydrogens (tertiary/aromatic N) is 2. The monoisotopic (exact) mass is 409 g/mol. The Balaban J connectivity index is 1.56. The van der Waals surface area contributed by atoms with Crippen molar-refractivity contribution in [2.45, 2.75) is 31.7 Å². The number of anilines is 1. The van der Waals surface area contributed by atoms with Gasteiger partial charge >= 0.3 is 5.97 Å². The molecule has 1 heterocycles. The average molecular weight is 410 g/mol. The molecular weight excluding hydrogens is 393 g/mol. The summed E-state index contributed by atoms with van der Waals surface area (Å²) in [6, 6.07) is 5.63. The summed E-state index contributed by atoms with van der Waals surface area (Å²) >= 11 is 3.10. The minimum atomic E-state index is -0.702. The van der Waals surface area contributed by atoms with Crippen LogP contribution < -0.4 is 5.32 Å². The fourth-order valence-electron chi connectivity index (χ4n) is 2.90. The van der Waals surface area contributed by atoms with Crippen LogP contribution in [0.1, 0.15) is 42.1 Å². The van der Waals surface area contributed by atoms with Crippen molar-refractivity contribution >= 4 is 33.6 Å². The highest BCUT2D eigenvalue weighted by Gasteiger charge is 2.21. The minimum Gasteiger partial charge on any atom is -0.452 e. The van der Waals surface area contributed by atoms with Gasteiger partial charge in [0.25, 0.3) is 5.91 Å². The van der Waals surface area contributed by atoms with E-state index < -0.39 is 24.3 Å². The van der Waals surface area contributed by atoms with E-state index in [1.165, 1.54) is 6.07 Å². The van der Waals surface area contributed by atoms with Crippen LogP contribution in [0.4, 0.5) is 10.2 Å². The fraction of sp³-hybridized carbons (Fsp3) is 0.353. The van der Waals surface area contributed by atoms with Crippen molar-refractivity contribution in [1.29, 1.82) is 0 Å². The summed E-state index contributed by atoms with van der Waals surface area (Å²) in [4.78, 5) is 24.0. The Morgan fingerprint density at radius 3 is 2.80 bits per heavy atom. The van der Waals surface area contributed by atoms with Gasteiger partial charge in [-0.2, -0.15) is 5.10 Å². The Kier molecular flexibility index (Phi) is 5.47. The maximum atomic E-state index is 13.0. The van der Waals surface area contributed by atoms with Crippen LogP contribution in [0.25, 0.3) is 0 Å². The highest BCUT2D eigenvalue weighted by Crippen LogP contribution is 2.31. The fourth-order valence-corrected chi connectivity index (χ4v) is 3.41. The maximum absolute atomic E-state index is 13.0. The number of hydrogen-bond acceptors (Lipinski definition) is 4. The van der Waals surface area contributed by atoms with E-state index in [0.29, 0.717) is 11.9 Å². The standard InChI is InChI=1S/C17H17BrFN3O3/c18-14-9-11(19)5-6-13(14)17(24)25-10-16(23)21-15-7-8-20-22(15)12-3-1-2-4-12/h5-9,12H,1-4,10H2,(H,21,23). The molecule has 1 aliphatic carbocycles. The van der Waals surface area contributed by atoms with Gasteiger partial charge in [-0.15, -0.1) is 0 Å². The van der Waals surface area contributed by atoms with Crippen LogP contribution in [-0.4, -0.2) is 28.3 Å². The van der Waals surface area contributed by atoms with Gasteiger partial charge in [-0.1, -0.05) is 12.8 Å². The first-order chi connectivity index (χ1) is 12.0. The van der Waals surface area contributed by atoms with E-state index in [2.05, 4.69) is 26.3 Å². The van der Waals surface area contributed by atoms with E-state index in [1.807, 2.05) is 4.68 Å². The van der Waals surface area contributed by atoms with Gasteiger partial charge in [-0.3, -0.25) is 4.79 Å². The predicted octanol–water partition coefficient (Wildman–Crippen LogP) is 3.70. The lowest BCUT2D eigenvalue weighted by Crippen LogP contribution is -2.23. The zero-order valence-corrected chi connectivity index (χ0v) is 15.0.